The second-order valence-corrected chi connectivity index (χ2v) is 6.81. The molecular weight excluding hydrogens is 250 g/mol. The van der Waals surface area contributed by atoms with Crippen LogP contribution in [0.4, 0.5) is 0 Å². The van der Waals surface area contributed by atoms with Crippen LogP contribution in [0.1, 0.15) is 47.6 Å². The molecule has 0 saturated carbocycles. The van der Waals surface area contributed by atoms with Crippen LogP contribution >= 0.6 is 11.8 Å². The van der Waals surface area contributed by atoms with Crippen LogP contribution in [0.3, 0.4) is 0 Å². The summed E-state index contributed by atoms with van der Waals surface area (Å²) in [5.74, 6) is -0.00851. The van der Waals surface area contributed by atoms with Gasteiger partial charge in [0.15, 0.2) is 0 Å². The van der Waals surface area contributed by atoms with Crippen LogP contribution in [-0.2, 0) is 4.79 Å². The largest absolute Gasteiger partial charge is 0.351 e. The van der Waals surface area contributed by atoms with Crippen molar-refractivity contribution in [2.75, 3.05) is 0 Å². The van der Waals surface area contributed by atoms with Crippen molar-refractivity contribution in [1.29, 1.82) is 0 Å². The molecule has 0 radical (unpaired) electrons. The fourth-order valence-electron chi connectivity index (χ4n) is 1.27. The molecule has 0 fully saturated rings. The minimum atomic E-state index is -0.229. The third-order valence-electron chi connectivity index (χ3n) is 2.10. The molecule has 6 nitrogen and oxygen atoms in total. The van der Waals surface area contributed by atoms with E-state index in [9.17, 15) is 4.79 Å². The Morgan fingerprint density at radius 2 is 1.94 bits per heavy atom. The molecule has 1 aromatic rings. The molecule has 1 atom stereocenters. The first-order valence-electron chi connectivity index (χ1n) is 5.97. The Morgan fingerprint density at radius 1 is 1.33 bits per heavy atom. The Labute approximate surface area is 112 Å². The number of amides is 1. The van der Waals surface area contributed by atoms with E-state index < -0.39 is 0 Å². The average molecular weight is 271 g/mol. The van der Waals surface area contributed by atoms with Crippen molar-refractivity contribution in [2.45, 2.75) is 63.5 Å². The Morgan fingerprint density at radius 3 is 2.44 bits per heavy atom. The number of thioether (sulfide) groups is 1. The Hall–Kier alpha value is -1.11. The molecule has 0 aromatic carbocycles. The molecule has 0 bridgehead atoms. The molecule has 18 heavy (non-hydrogen) atoms. The summed E-state index contributed by atoms with van der Waals surface area (Å²) in [6, 6.07) is 0.181. The summed E-state index contributed by atoms with van der Waals surface area (Å²) in [7, 11) is 0. The number of rotatable bonds is 4. The molecule has 0 aliphatic rings. The maximum atomic E-state index is 12.0. The minimum Gasteiger partial charge on any atom is -0.351 e. The van der Waals surface area contributed by atoms with Crippen molar-refractivity contribution in [2.24, 2.45) is 0 Å². The number of hydrogen-bond acceptors (Lipinski definition) is 5. The fraction of sp³-hybridized carbons (Fsp3) is 0.818. The highest BCUT2D eigenvalue weighted by Gasteiger charge is 2.22. The summed E-state index contributed by atoms with van der Waals surface area (Å²) in [6.45, 7) is 11.7. The van der Waals surface area contributed by atoms with Gasteiger partial charge in [-0.1, -0.05) is 11.8 Å². The van der Waals surface area contributed by atoms with Crippen molar-refractivity contribution in [1.82, 2.24) is 25.5 Å². The summed E-state index contributed by atoms with van der Waals surface area (Å²) in [4.78, 5) is 12.0. The van der Waals surface area contributed by atoms with Gasteiger partial charge in [0.25, 0.3) is 0 Å². The van der Waals surface area contributed by atoms with E-state index in [2.05, 4.69) is 20.8 Å². The van der Waals surface area contributed by atoms with Crippen LogP contribution in [0.2, 0.25) is 0 Å². The zero-order chi connectivity index (χ0) is 13.9. The Kier molecular flexibility index (Phi) is 4.72. The number of hydrogen-bond donors (Lipinski definition) is 1. The first-order valence-corrected chi connectivity index (χ1v) is 6.85. The number of aromatic nitrogens is 4. The second kappa shape index (κ2) is 5.69. The number of nitrogens with one attached hydrogen (secondary N) is 1. The number of nitrogens with zero attached hydrogens (tertiary/aromatic N) is 4. The van der Waals surface area contributed by atoms with Crippen molar-refractivity contribution >= 4 is 17.7 Å². The maximum absolute atomic E-state index is 12.0. The minimum absolute atomic E-state index is 0.00851. The summed E-state index contributed by atoms with van der Waals surface area (Å²) in [5.41, 5.74) is -0.226. The number of tetrazole rings is 1. The zero-order valence-electron chi connectivity index (χ0n) is 11.8. The van der Waals surface area contributed by atoms with Gasteiger partial charge in [0.05, 0.1) is 11.3 Å². The van der Waals surface area contributed by atoms with Gasteiger partial charge in [0.2, 0.25) is 11.1 Å². The van der Waals surface area contributed by atoms with Gasteiger partial charge < -0.3 is 5.32 Å². The predicted octanol–water partition coefficient (Wildman–Crippen LogP) is 1.65. The summed E-state index contributed by atoms with van der Waals surface area (Å²) >= 11 is 1.37. The molecule has 102 valence electrons. The molecule has 0 spiro atoms. The molecule has 1 N–H and O–H groups in total. The summed E-state index contributed by atoms with van der Waals surface area (Å²) < 4.78 is 1.71. The molecular formula is C11H21N5OS. The monoisotopic (exact) mass is 271 g/mol. The predicted molar refractivity (Wildman–Crippen MR) is 71.4 cm³/mol. The Balaban J connectivity index is 2.67. The summed E-state index contributed by atoms with van der Waals surface area (Å²) in [5, 5.41) is 14.9. The van der Waals surface area contributed by atoms with Crippen LogP contribution in [0, 0.1) is 0 Å². The first kappa shape index (κ1) is 14.9. The van der Waals surface area contributed by atoms with Gasteiger partial charge >= 0.3 is 0 Å². The van der Waals surface area contributed by atoms with Crippen LogP contribution < -0.4 is 5.32 Å². The highest BCUT2D eigenvalue weighted by atomic mass is 32.2. The lowest BCUT2D eigenvalue weighted by atomic mass is 10.1. The quantitative estimate of drug-likeness (QED) is 0.843. The van der Waals surface area contributed by atoms with Crippen LogP contribution in [-0.4, -0.2) is 36.9 Å². The third kappa shape index (κ3) is 4.29. The van der Waals surface area contributed by atoms with Gasteiger partial charge in [-0.3, -0.25) is 4.79 Å². The SMILES string of the molecule is CC(C)n1nnnc1S[C@@H](C)C(=O)NC(C)(C)C. The van der Waals surface area contributed by atoms with Gasteiger partial charge in [-0.25, -0.2) is 4.68 Å². The lowest BCUT2D eigenvalue weighted by Crippen LogP contribution is -2.44. The number of carbonyl (C=O) groups excluding carboxylic acids is 1. The van der Waals surface area contributed by atoms with Gasteiger partial charge in [-0.05, 0) is 52.0 Å². The van der Waals surface area contributed by atoms with E-state index in [4.69, 9.17) is 0 Å². The van der Waals surface area contributed by atoms with Gasteiger partial charge in [-0.15, -0.1) is 5.10 Å². The van der Waals surface area contributed by atoms with E-state index >= 15 is 0 Å². The maximum Gasteiger partial charge on any atom is 0.233 e. The van der Waals surface area contributed by atoms with E-state index in [-0.39, 0.29) is 22.7 Å². The van der Waals surface area contributed by atoms with Crippen molar-refractivity contribution < 1.29 is 4.79 Å². The topological polar surface area (TPSA) is 72.7 Å². The normalized spacial score (nSPS) is 13.7. The van der Waals surface area contributed by atoms with E-state index in [1.807, 2.05) is 41.5 Å². The lowest BCUT2D eigenvalue weighted by Gasteiger charge is -2.22. The molecule has 1 amide bonds. The molecule has 1 rings (SSSR count). The molecule has 1 aromatic heterocycles. The van der Waals surface area contributed by atoms with Crippen molar-refractivity contribution in [3.8, 4) is 0 Å². The van der Waals surface area contributed by atoms with Crippen molar-refractivity contribution in [3.63, 3.8) is 0 Å². The second-order valence-electron chi connectivity index (χ2n) is 5.50. The standard InChI is InChI=1S/C11H21N5OS/c1-7(2)16-10(13-14-15-16)18-8(3)9(17)12-11(4,5)6/h7-8H,1-6H3,(H,12,17)/t8-/m0/s1. The zero-order valence-corrected chi connectivity index (χ0v) is 12.6. The van der Waals surface area contributed by atoms with E-state index in [0.717, 1.165) is 0 Å². The third-order valence-corrected chi connectivity index (χ3v) is 3.15. The average Bonchev–Trinajstić information content (AvgIpc) is 2.62. The van der Waals surface area contributed by atoms with Crippen LogP contribution in [0.5, 0.6) is 0 Å². The molecule has 0 unspecified atom stereocenters. The van der Waals surface area contributed by atoms with E-state index in [1.165, 1.54) is 11.8 Å². The first-order chi connectivity index (χ1) is 8.20. The summed E-state index contributed by atoms with van der Waals surface area (Å²) in [6.07, 6.45) is 0. The van der Waals surface area contributed by atoms with Crippen molar-refractivity contribution in [3.05, 3.63) is 0 Å². The van der Waals surface area contributed by atoms with Crippen LogP contribution in [0.25, 0.3) is 0 Å². The molecule has 0 saturated heterocycles. The highest BCUT2D eigenvalue weighted by molar-refractivity contribution is 8.00. The van der Waals surface area contributed by atoms with Gasteiger partial charge in [0.1, 0.15) is 0 Å². The fourth-order valence-corrected chi connectivity index (χ4v) is 2.19. The Bertz CT molecular complexity index is 410. The number of carbonyl (C=O) groups is 1. The van der Waals surface area contributed by atoms with Gasteiger partial charge in [-0.2, -0.15) is 0 Å². The molecule has 7 heteroatoms. The smallest absolute Gasteiger partial charge is 0.233 e. The van der Waals surface area contributed by atoms with E-state index in [0.29, 0.717) is 5.16 Å². The highest BCUT2D eigenvalue weighted by Crippen LogP contribution is 2.22. The molecule has 0 aliphatic heterocycles. The molecule has 1 heterocycles. The molecule has 0 aliphatic carbocycles. The van der Waals surface area contributed by atoms with Gasteiger partial charge in [0, 0.05) is 5.54 Å². The van der Waals surface area contributed by atoms with E-state index in [1.54, 1.807) is 4.68 Å². The lowest BCUT2D eigenvalue weighted by molar-refractivity contribution is -0.121. The van der Waals surface area contributed by atoms with Crippen LogP contribution in [0.15, 0.2) is 5.16 Å².